The average molecular weight is 364 g/mol. The molecule has 0 saturated carbocycles. The first-order valence-corrected chi connectivity index (χ1v) is 10.5. The SMILES string of the molecule is CC1(C)C2=C(CCCC2)c2cc3c4ccccc4n(-c4ccccc4)c3cc21. The van der Waals surface area contributed by atoms with Gasteiger partial charge in [-0.3, -0.25) is 0 Å². The van der Waals surface area contributed by atoms with Gasteiger partial charge in [-0.2, -0.15) is 0 Å². The van der Waals surface area contributed by atoms with Crippen LogP contribution in [0.3, 0.4) is 0 Å². The Balaban J connectivity index is 1.74. The molecule has 1 heteroatoms. The van der Waals surface area contributed by atoms with Gasteiger partial charge < -0.3 is 4.57 Å². The standard InChI is InChI=1S/C27H25N/c1-27(2)23-14-8-6-12-19(23)21-16-22-20-13-7-9-15-25(20)28(26(22)17-24(21)27)18-10-4-3-5-11-18/h3-5,7,9-11,13,15-17H,6,8,12,14H2,1-2H3. The lowest BCUT2D eigenvalue weighted by atomic mass is 9.77. The van der Waals surface area contributed by atoms with E-state index in [0.29, 0.717) is 0 Å². The van der Waals surface area contributed by atoms with Crippen LogP contribution in [-0.2, 0) is 5.41 Å². The van der Waals surface area contributed by atoms with Gasteiger partial charge in [0, 0.05) is 21.9 Å². The molecule has 0 radical (unpaired) electrons. The fourth-order valence-electron chi connectivity index (χ4n) is 5.69. The predicted molar refractivity (Wildman–Crippen MR) is 119 cm³/mol. The molecule has 28 heavy (non-hydrogen) atoms. The van der Waals surface area contributed by atoms with Gasteiger partial charge in [0.1, 0.15) is 0 Å². The maximum atomic E-state index is 2.50. The molecule has 0 saturated heterocycles. The highest BCUT2D eigenvalue weighted by Crippen LogP contribution is 2.53. The van der Waals surface area contributed by atoms with Crippen LogP contribution < -0.4 is 0 Å². The zero-order valence-electron chi connectivity index (χ0n) is 16.6. The van der Waals surface area contributed by atoms with Crippen molar-refractivity contribution in [3.8, 4) is 5.69 Å². The Morgan fingerprint density at radius 1 is 0.750 bits per heavy atom. The Morgan fingerprint density at radius 2 is 1.50 bits per heavy atom. The van der Waals surface area contributed by atoms with Crippen LogP contribution in [0.25, 0.3) is 33.1 Å². The van der Waals surface area contributed by atoms with Crippen molar-refractivity contribution in [2.75, 3.05) is 0 Å². The van der Waals surface area contributed by atoms with Gasteiger partial charge >= 0.3 is 0 Å². The van der Waals surface area contributed by atoms with E-state index in [1.165, 1.54) is 64.3 Å². The van der Waals surface area contributed by atoms with E-state index in [4.69, 9.17) is 0 Å². The van der Waals surface area contributed by atoms with E-state index in [-0.39, 0.29) is 5.41 Å². The molecule has 1 aromatic heterocycles. The van der Waals surface area contributed by atoms with E-state index in [2.05, 4.69) is 85.1 Å². The summed E-state index contributed by atoms with van der Waals surface area (Å²) in [5.41, 5.74) is 10.4. The number of aromatic nitrogens is 1. The van der Waals surface area contributed by atoms with Crippen molar-refractivity contribution in [2.24, 2.45) is 0 Å². The number of hydrogen-bond donors (Lipinski definition) is 0. The molecule has 0 aliphatic heterocycles. The minimum absolute atomic E-state index is 0.150. The number of fused-ring (bicyclic) bond motifs is 5. The van der Waals surface area contributed by atoms with E-state index >= 15 is 0 Å². The van der Waals surface area contributed by atoms with Crippen molar-refractivity contribution < 1.29 is 0 Å². The van der Waals surface area contributed by atoms with E-state index < -0.39 is 0 Å². The maximum absolute atomic E-state index is 2.50. The second-order valence-corrected chi connectivity index (χ2v) is 8.89. The summed E-state index contributed by atoms with van der Waals surface area (Å²) in [4.78, 5) is 0. The molecule has 2 aliphatic carbocycles. The molecule has 0 amide bonds. The van der Waals surface area contributed by atoms with Crippen molar-refractivity contribution >= 4 is 27.4 Å². The first-order valence-electron chi connectivity index (χ1n) is 10.5. The van der Waals surface area contributed by atoms with E-state index in [9.17, 15) is 0 Å². The van der Waals surface area contributed by atoms with Crippen LogP contribution in [0.4, 0.5) is 0 Å². The third-order valence-electron chi connectivity index (χ3n) is 7.05. The number of nitrogens with zero attached hydrogens (tertiary/aromatic N) is 1. The Kier molecular flexibility index (Phi) is 3.24. The zero-order chi connectivity index (χ0) is 18.9. The molecule has 1 heterocycles. The molecule has 2 aliphatic rings. The molecule has 0 unspecified atom stereocenters. The molecule has 0 atom stereocenters. The van der Waals surface area contributed by atoms with E-state index in [0.717, 1.165) is 0 Å². The summed E-state index contributed by atoms with van der Waals surface area (Å²) in [6.45, 7) is 4.86. The number of para-hydroxylation sites is 2. The lowest BCUT2D eigenvalue weighted by Crippen LogP contribution is -2.18. The highest BCUT2D eigenvalue weighted by molar-refractivity contribution is 6.11. The third kappa shape index (κ3) is 2.02. The quantitative estimate of drug-likeness (QED) is 0.332. The van der Waals surface area contributed by atoms with Crippen LogP contribution in [0.2, 0.25) is 0 Å². The van der Waals surface area contributed by atoms with Crippen molar-refractivity contribution in [3.63, 3.8) is 0 Å². The summed E-state index contributed by atoms with van der Waals surface area (Å²) >= 11 is 0. The van der Waals surface area contributed by atoms with Gasteiger partial charge in [-0.15, -0.1) is 0 Å². The summed E-state index contributed by atoms with van der Waals surface area (Å²) in [6.07, 6.45) is 5.18. The molecular formula is C27H25N. The minimum Gasteiger partial charge on any atom is -0.309 e. The second kappa shape index (κ2) is 5.61. The first kappa shape index (κ1) is 16.2. The van der Waals surface area contributed by atoms with Crippen molar-refractivity contribution in [2.45, 2.75) is 44.9 Å². The fraction of sp³-hybridized carbons (Fsp3) is 0.259. The third-order valence-corrected chi connectivity index (χ3v) is 7.05. The number of allylic oxidation sites excluding steroid dienone is 2. The Bertz CT molecular complexity index is 1270. The molecule has 6 rings (SSSR count). The number of hydrogen-bond acceptors (Lipinski definition) is 0. The molecule has 0 bridgehead atoms. The first-order chi connectivity index (χ1) is 13.7. The zero-order valence-corrected chi connectivity index (χ0v) is 16.6. The summed E-state index contributed by atoms with van der Waals surface area (Å²) < 4.78 is 2.44. The Hall–Kier alpha value is -2.80. The lowest BCUT2D eigenvalue weighted by Gasteiger charge is -2.27. The van der Waals surface area contributed by atoms with Crippen LogP contribution in [0.1, 0.15) is 50.7 Å². The second-order valence-electron chi connectivity index (χ2n) is 8.89. The van der Waals surface area contributed by atoms with Gasteiger partial charge in [-0.25, -0.2) is 0 Å². The normalized spacial score (nSPS) is 17.9. The van der Waals surface area contributed by atoms with Gasteiger partial charge in [0.25, 0.3) is 0 Å². The molecule has 0 spiro atoms. The van der Waals surface area contributed by atoms with Gasteiger partial charge in [0.2, 0.25) is 0 Å². The van der Waals surface area contributed by atoms with Crippen molar-refractivity contribution in [3.05, 3.63) is 83.4 Å². The Labute approximate surface area is 166 Å². The summed E-state index contributed by atoms with van der Waals surface area (Å²) in [7, 11) is 0. The highest BCUT2D eigenvalue weighted by atomic mass is 15.0. The van der Waals surface area contributed by atoms with Gasteiger partial charge in [-0.1, -0.05) is 55.8 Å². The lowest BCUT2D eigenvalue weighted by molar-refractivity contribution is 0.574. The molecular weight excluding hydrogens is 338 g/mol. The summed E-state index contributed by atoms with van der Waals surface area (Å²) in [5.74, 6) is 0. The monoisotopic (exact) mass is 363 g/mol. The number of rotatable bonds is 1. The smallest absolute Gasteiger partial charge is 0.0544 e. The average Bonchev–Trinajstić information content (AvgIpc) is 3.17. The van der Waals surface area contributed by atoms with Gasteiger partial charge in [0.05, 0.1) is 11.0 Å². The minimum atomic E-state index is 0.150. The highest BCUT2D eigenvalue weighted by Gasteiger charge is 2.38. The largest absolute Gasteiger partial charge is 0.309 e. The summed E-state index contributed by atoms with van der Waals surface area (Å²) in [6, 6.07) is 24.6. The molecule has 138 valence electrons. The van der Waals surface area contributed by atoms with Gasteiger partial charge in [-0.05, 0) is 72.7 Å². The van der Waals surface area contributed by atoms with Crippen LogP contribution in [0, 0.1) is 0 Å². The van der Waals surface area contributed by atoms with Crippen LogP contribution >= 0.6 is 0 Å². The van der Waals surface area contributed by atoms with Crippen LogP contribution in [0.15, 0.2) is 72.3 Å². The topological polar surface area (TPSA) is 4.93 Å². The number of benzene rings is 3. The van der Waals surface area contributed by atoms with Crippen LogP contribution in [0.5, 0.6) is 0 Å². The van der Waals surface area contributed by atoms with Gasteiger partial charge in [0.15, 0.2) is 0 Å². The fourth-order valence-corrected chi connectivity index (χ4v) is 5.69. The van der Waals surface area contributed by atoms with Crippen molar-refractivity contribution in [1.29, 1.82) is 0 Å². The summed E-state index contributed by atoms with van der Waals surface area (Å²) in [5, 5.41) is 2.74. The molecule has 0 fully saturated rings. The predicted octanol–water partition coefficient (Wildman–Crippen LogP) is 7.40. The Morgan fingerprint density at radius 3 is 2.36 bits per heavy atom. The van der Waals surface area contributed by atoms with E-state index in [1.54, 1.807) is 11.1 Å². The maximum Gasteiger partial charge on any atom is 0.0544 e. The molecule has 0 N–H and O–H groups in total. The van der Waals surface area contributed by atoms with Crippen LogP contribution in [-0.4, -0.2) is 4.57 Å². The molecule has 4 aromatic rings. The van der Waals surface area contributed by atoms with E-state index in [1.807, 2.05) is 0 Å². The molecule has 1 nitrogen and oxygen atoms in total. The van der Waals surface area contributed by atoms with Crippen molar-refractivity contribution in [1.82, 2.24) is 4.57 Å². The molecule has 3 aromatic carbocycles.